The van der Waals surface area contributed by atoms with E-state index in [9.17, 15) is 9.59 Å². The van der Waals surface area contributed by atoms with Gasteiger partial charge in [0.05, 0.1) is 4.88 Å². The van der Waals surface area contributed by atoms with Gasteiger partial charge in [-0.2, -0.15) is 5.10 Å². The van der Waals surface area contributed by atoms with Crippen molar-refractivity contribution in [2.45, 2.75) is 51.6 Å². The molecule has 3 heterocycles. The summed E-state index contributed by atoms with van der Waals surface area (Å²) in [6.07, 6.45) is 5.39. The Morgan fingerprint density at radius 2 is 2.03 bits per heavy atom. The Bertz CT molecular complexity index is 1070. The number of amides is 2. The number of aromatic nitrogens is 2. The zero-order chi connectivity index (χ0) is 21.3. The first-order valence-electron chi connectivity index (χ1n) is 10.6. The number of likely N-dealkylation sites (tertiary alicyclic amines) is 1. The molecule has 1 atom stereocenters. The molecule has 0 unspecified atom stereocenters. The van der Waals surface area contributed by atoms with Crippen LogP contribution in [0.3, 0.4) is 0 Å². The molecule has 1 fully saturated rings. The molecular formula is C23H28N4O2S. The van der Waals surface area contributed by atoms with Crippen molar-refractivity contribution >= 4 is 33.2 Å². The Labute approximate surface area is 180 Å². The van der Waals surface area contributed by atoms with Gasteiger partial charge in [0.25, 0.3) is 11.8 Å². The van der Waals surface area contributed by atoms with Gasteiger partial charge in [-0.15, -0.1) is 11.3 Å². The van der Waals surface area contributed by atoms with E-state index in [4.69, 9.17) is 0 Å². The standard InChI is InChI=1S/C23H28N4O2S/c1-15(2)25-22(28)21-18(17-9-4-5-10-20(17)30-21)14-16-8-6-7-13-27(16)23(29)19-11-12-24-26(19)3/h4-5,9-12,15-16H,6-8,13-14H2,1-3H3,(H,25,28)/t16-/m1/s1. The average molecular weight is 425 g/mol. The second kappa shape index (κ2) is 8.60. The van der Waals surface area contributed by atoms with E-state index >= 15 is 0 Å². The summed E-state index contributed by atoms with van der Waals surface area (Å²) in [4.78, 5) is 28.9. The van der Waals surface area contributed by atoms with Crippen molar-refractivity contribution in [3.8, 4) is 0 Å². The highest BCUT2D eigenvalue weighted by molar-refractivity contribution is 7.21. The van der Waals surface area contributed by atoms with Gasteiger partial charge in [0.2, 0.25) is 0 Å². The van der Waals surface area contributed by atoms with E-state index in [1.54, 1.807) is 35.3 Å². The summed E-state index contributed by atoms with van der Waals surface area (Å²) in [5.41, 5.74) is 1.67. The first-order valence-corrected chi connectivity index (χ1v) is 11.4. The van der Waals surface area contributed by atoms with Gasteiger partial charge in [-0.25, -0.2) is 0 Å². The van der Waals surface area contributed by atoms with Crippen molar-refractivity contribution in [1.82, 2.24) is 20.0 Å². The molecule has 1 N–H and O–H groups in total. The number of rotatable bonds is 5. The highest BCUT2D eigenvalue weighted by atomic mass is 32.1. The van der Waals surface area contributed by atoms with Gasteiger partial charge in [-0.05, 0) is 62.6 Å². The van der Waals surface area contributed by atoms with Crippen LogP contribution in [-0.4, -0.2) is 45.1 Å². The Kier molecular flexibility index (Phi) is 5.90. The third kappa shape index (κ3) is 3.99. The van der Waals surface area contributed by atoms with Crippen molar-refractivity contribution in [2.24, 2.45) is 7.05 Å². The van der Waals surface area contributed by atoms with Gasteiger partial charge < -0.3 is 10.2 Å². The molecule has 0 radical (unpaired) electrons. The summed E-state index contributed by atoms with van der Waals surface area (Å²) in [7, 11) is 1.80. The minimum absolute atomic E-state index is 0.0208. The number of aryl methyl sites for hydroxylation is 1. The molecule has 1 saturated heterocycles. The van der Waals surface area contributed by atoms with E-state index in [1.807, 2.05) is 30.9 Å². The number of piperidine rings is 1. The van der Waals surface area contributed by atoms with E-state index in [1.165, 1.54) is 0 Å². The summed E-state index contributed by atoms with van der Waals surface area (Å²) in [6.45, 7) is 4.69. The molecule has 6 nitrogen and oxygen atoms in total. The molecule has 158 valence electrons. The summed E-state index contributed by atoms with van der Waals surface area (Å²) in [5, 5.41) is 8.32. The number of benzene rings is 1. The molecule has 0 bridgehead atoms. The number of carbonyl (C=O) groups is 2. The molecule has 7 heteroatoms. The lowest BCUT2D eigenvalue weighted by molar-refractivity contribution is 0.0602. The Morgan fingerprint density at radius 1 is 1.23 bits per heavy atom. The highest BCUT2D eigenvalue weighted by Gasteiger charge is 2.31. The van der Waals surface area contributed by atoms with Gasteiger partial charge in [0, 0.05) is 36.6 Å². The summed E-state index contributed by atoms with van der Waals surface area (Å²) in [6, 6.07) is 10.1. The van der Waals surface area contributed by atoms with Crippen molar-refractivity contribution in [2.75, 3.05) is 6.54 Å². The van der Waals surface area contributed by atoms with E-state index in [2.05, 4.69) is 22.5 Å². The Morgan fingerprint density at radius 3 is 2.77 bits per heavy atom. The van der Waals surface area contributed by atoms with Crippen LogP contribution in [0, 0.1) is 0 Å². The molecule has 2 amide bonds. The lowest BCUT2D eigenvalue weighted by Crippen LogP contribution is -2.45. The van der Waals surface area contributed by atoms with Gasteiger partial charge in [-0.3, -0.25) is 14.3 Å². The molecule has 1 aliphatic heterocycles. The maximum atomic E-state index is 13.2. The fourth-order valence-electron chi connectivity index (χ4n) is 4.26. The summed E-state index contributed by atoms with van der Waals surface area (Å²) < 4.78 is 2.75. The van der Waals surface area contributed by atoms with Gasteiger partial charge >= 0.3 is 0 Å². The summed E-state index contributed by atoms with van der Waals surface area (Å²) in [5.74, 6) is -0.00561. The van der Waals surface area contributed by atoms with E-state index in [0.29, 0.717) is 12.1 Å². The van der Waals surface area contributed by atoms with Crippen LogP contribution < -0.4 is 5.32 Å². The van der Waals surface area contributed by atoms with Crippen LogP contribution in [0.2, 0.25) is 0 Å². The number of nitrogens with zero attached hydrogens (tertiary/aromatic N) is 3. The lowest BCUT2D eigenvalue weighted by atomic mass is 9.93. The maximum absolute atomic E-state index is 13.2. The van der Waals surface area contributed by atoms with Crippen LogP contribution >= 0.6 is 11.3 Å². The quantitative estimate of drug-likeness (QED) is 0.673. The van der Waals surface area contributed by atoms with Crippen LogP contribution in [0.15, 0.2) is 36.5 Å². The molecule has 0 aliphatic carbocycles. The van der Waals surface area contributed by atoms with Crippen LogP contribution in [0.25, 0.3) is 10.1 Å². The van der Waals surface area contributed by atoms with Crippen LogP contribution in [0.1, 0.15) is 58.8 Å². The number of thiophene rings is 1. The minimum atomic E-state index is -0.0264. The first-order chi connectivity index (χ1) is 14.5. The lowest BCUT2D eigenvalue weighted by Gasteiger charge is -2.36. The predicted molar refractivity (Wildman–Crippen MR) is 120 cm³/mol. The number of nitrogens with one attached hydrogen (secondary N) is 1. The maximum Gasteiger partial charge on any atom is 0.272 e. The van der Waals surface area contributed by atoms with Crippen molar-refractivity contribution in [3.63, 3.8) is 0 Å². The molecule has 3 aromatic rings. The van der Waals surface area contributed by atoms with Crippen LogP contribution in [0.5, 0.6) is 0 Å². The van der Waals surface area contributed by atoms with Crippen LogP contribution in [0.4, 0.5) is 0 Å². The van der Waals surface area contributed by atoms with Gasteiger partial charge in [0.1, 0.15) is 5.69 Å². The SMILES string of the molecule is CC(C)NC(=O)c1sc2ccccc2c1C[C@H]1CCCCN1C(=O)c1ccnn1C. The third-order valence-electron chi connectivity index (χ3n) is 5.69. The molecule has 1 aliphatic rings. The predicted octanol–water partition coefficient (Wildman–Crippen LogP) is 4.01. The Hall–Kier alpha value is -2.67. The molecule has 30 heavy (non-hydrogen) atoms. The van der Waals surface area contributed by atoms with Gasteiger partial charge in [0.15, 0.2) is 0 Å². The number of fused-ring (bicyclic) bond motifs is 1. The molecular weight excluding hydrogens is 396 g/mol. The molecule has 4 rings (SSSR count). The van der Waals surface area contributed by atoms with Gasteiger partial charge in [-0.1, -0.05) is 18.2 Å². The molecule has 0 saturated carbocycles. The van der Waals surface area contributed by atoms with Crippen molar-refractivity contribution < 1.29 is 9.59 Å². The summed E-state index contributed by atoms with van der Waals surface area (Å²) >= 11 is 1.54. The topological polar surface area (TPSA) is 67.2 Å². The number of carbonyl (C=O) groups excluding carboxylic acids is 2. The average Bonchev–Trinajstić information content (AvgIpc) is 3.31. The first kappa shape index (κ1) is 20.6. The van der Waals surface area contributed by atoms with E-state index in [-0.39, 0.29) is 23.9 Å². The monoisotopic (exact) mass is 424 g/mol. The Balaban J connectivity index is 1.68. The zero-order valence-electron chi connectivity index (χ0n) is 17.7. The normalized spacial score (nSPS) is 16.9. The number of hydrogen-bond donors (Lipinski definition) is 1. The highest BCUT2D eigenvalue weighted by Crippen LogP contribution is 2.34. The second-order valence-corrected chi connectivity index (χ2v) is 9.28. The van der Waals surface area contributed by atoms with Crippen molar-refractivity contribution in [1.29, 1.82) is 0 Å². The third-order valence-corrected chi connectivity index (χ3v) is 6.90. The smallest absolute Gasteiger partial charge is 0.272 e. The minimum Gasteiger partial charge on any atom is -0.349 e. The fraction of sp³-hybridized carbons (Fsp3) is 0.435. The number of hydrogen-bond acceptors (Lipinski definition) is 4. The van der Waals surface area contributed by atoms with E-state index < -0.39 is 0 Å². The van der Waals surface area contributed by atoms with E-state index in [0.717, 1.165) is 46.3 Å². The molecule has 2 aromatic heterocycles. The van der Waals surface area contributed by atoms with Crippen LogP contribution in [-0.2, 0) is 13.5 Å². The fourth-order valence-corrected chi connectivity index (χ4v) is 5.40. The zero-order valence-corrected chi connectivity index (χ0v) is 18.5. The molecule has 1 aromatic carbocycles. The second-order valence-electron chi connectivity index (χ2n) is 8.23. The largest absolute Gasteiger partial charge is 0.349 e. The molecule has 0 spiro atoms. The van der Waals surface area contributed by atoms with Crippen molar-refractivity contribution in [3.05, 3.63) is 52.7 Å².